The highest BCUT2D eigenvalue weighted by atomic mass is 16.3. The SMILES string of the molecule is Cc1cc2c(c(-c3cccc4c3oc3c(-c5cccc[n+]5C)c(C)ccc34)c1)CCC2. The predicted octanol–water partition coefficient (Wildman–Crippen LogP) is 6.85. The number of nitrogens with zero attached hydrogens (tertiary/aromatic N) is 1. The third kappa shape index (κ3) is 2.75. The van der Waals surface area contributed by atoms with Gasteiger partial charge in [0, 0.05) is 28.5 Å². The number of fused-ring (bicyclic) bond motifs is 4. The van der Waals surface area contributed by atoms with Crippen LogP contribution in [-0.2, 0) is 19.9 Å². The highest BCUT2D eigenvalue weighted by Gasteiger charge is 2.23. The molecule has 0 saturated carbocycles. The van der Waals surface area contributed by atoms with Gasteiger partial charge in [-0.15, -0.1) is 0 Å². The van der Waals surface area contributed by atoms with Crippen LogP contribution in [0.3, 0.4) is 0 Å². The lowest BCUT2D eigenvalue weighted by molar-refractivity contribution is -0.660. The van der Waals surface area contributed by atoms with Crippen molar-refractivity contribution in [1.29, 1.82) is 0 Å². The van der Waals surface area contributed by atoms with E-state index in [-0.39, 0.29) is 0 Å². The zero-order valence-electron chi connectivity index (χ0n) is 18.3. The van der Waals surface area contributed by atoms with Gasteiger partial charge in [-0.1, -0.05) is 48.0 Å². The summed E-state index contributed by atoms with van der Waals surface area (Å²) in [6.45, 7) is 4.38. The van der Waals surface area contributed by atoms with Crippen molar-refractivity contribution in [2.45, 2.75) is 33.1 Å². The second-order valence-corrected chi connectivity index (χ2v) is 8.92. The zero-order valence-corrected chi connectivity index (χ0v) is 18.3. The van der Waals surface area contributed by atoms with Crippen LogP contribution in [0.4, 0.5) is 0 Å². The topological polar surface area (TPSA) is 17.0 Å². The molecule has 2 heteroatoms. The van der Waals surface area contributed by atoms with Crippen molar-refractivity contribution in [3.63, 3.8) is 0 Å². The van der Waals surface area contributed by atoms with Crippen LogP contribution >= 0.6 is 0 Å². The average Bonchev–Trinajstić information content (AvgIpc) is 3.38. The van der Waals surface area contributed by atoms with E-state index in [1.54, 1.807) is 0 Å². The fraction of sp³-hybridized carbons (Fsp3) is 0.207. The lowest BCUT2D eigenvalue weighted by Crippen LogP contribution is -2.30. The Balaban J connectivity index is 1.70. The number of rotatable bonds is 2. The first-order chi connectivity index (χ1) is 15.1. The number of para-hydroxylation sites is 1. The highest BCUT2D eigenvalue weighted by molar-refractivity contribution is 6.13. The Morgan fingerprint density at radius 2 is 1.68 bits per heavy atom. The quantitative estimate of drug-likeness (QED) is 0.294. The molecule has 2 heterocycles. The summed E-state index contributed by atoms with van der Waals surface area (Å²) in [5.41, 5.74) is 12.5. The highest BCUT2D eigenvalue weighted by Crippen LogP contribution is 2.42. The second kappa shape index (κ2) is 6.81. The van der Waals surface area contributed by atoms with Crippen LogP contribution < -0.4 is 4.57 Å². The summed E-state index contributed by atoms with van der Waals surface area (Å²) >= 11 is 0. The summed E-state index contributed by atoms with van der Waals surface area (Å²) in [7, 11) is 2.09. The Labute approximate surface area is 182 Å². The van der Waals surface area contributed by atoms with Gasteiger partial charge in [0.05, 0.1) is 5.56 Å². The maximum atomic E-state index is 6.75. The molecule has 0 bridgehead atoms. The Morgan fingerprint density at radius 3 is 2.55 bits per heavy atom. The lowest BCUT2D eigenvalue weighted by Gasteiger charge is -2.11. The maximum Gasteiger partial charge on any atom is 0.216 e. The number of pyridine rings is 1. The van der Waals surface area contributed by atoms with Crippen molar-refractivity contribution in [2.24, 2.45) is 7.05 Å². The van der Waals surface area contributed by atoms with Gasteiger partial charge in [-0.2, -0.15) is 0 Å². The number of hydrogen-bond acceptors (Lipinski definition) is 1. The summed E-state index contributed by atoms with van der Waals surface area (Å²) in [6.07, 6.45) is 5.69. The third-order valence-corrected chi connectivity index (χ3v) is 6.84. The van der Waals surface area contributed by atoms with E-state index in [0.717, 1.165) is 17.6 Å². The number of aromatic nitrogens is 1. The Kier molecular flexibility index (Phi) is 4.04. The molecular formula is C29H26NO+. The fourth-order valence-electron chi connectivity index (χ4n) is 5.38. The number of aryl methyl sites for hydroxylation is 4. The summed E-state index contributed by atoms with van der Waals surface area (Å²) in [5, 5.41) is 2.38. The molecule has 0 saturated heterocycles. The van der Waals surface area contributed by atoms with E-state index in [0.29, 0.717) is 0 Å². The minimum absolute atomic E-state index is 0.980. The van der Waals surface area contributed by atoms with E-state index in [4.69, 9.17) is 4.42 Å². The molecule has 152 valence electrons. The summed E-state index contributed by atoms with van der Waals surface area (Å²) in [6, 6.07) is 22.1. The largest absolute Gasteiger partial charge is 0.454 e. The third-order valence-electron chi connectivity index (χ3n) is 6.84. The van der Waals surface area contributed by atoms with Crippen LogP contribution in [0.1, 0.15) is 28.7 Å². The van der Waals surface area contributed by atoms with Crippen LogP contribution in [0, 0.1) is 13.8 Å². The number of benzene rings is 3. The number of hydrogen-bond donors (Lipinski definition) is 0. The second-order valence-electron chi connectivity index (χ2n) is 8.92. The van der Waals surface area contributed by atoms with Gasteiger partial charge < -0.3 is 4.42 Å². The molecule has 0 atom stereocenters. The Morgan fingerprint density at radius 1 is 0.806 bits per heavy atom. The molecule has 0 N–H and O–H groups in total. The van der Waals surface area contributed by atoms with Gasteiger partial charge in [-0.05, 0) is 61.4 Å². The lowest BCUT2D eigenvalue weighted by atomic mass is 9.93. The Bertz CT molecular complexity index is 1490. The first-order valence-electron chi connectivity index (χ1n) is 11.1. The van der Waals surface area contributed by atoms with Gasteiger partial charge in [-0.3, -0.25) is 0 Å². The van der Waals surface area contributed by atoms with Crippen molar-refractivity contribution in [2.75, 3.05) is 0 Å². The van der Waals surface area contributed by atoms with Crippen molar-refractivity contribution < 1.29 is 8.98 Å². The van der Waals surface area contributed by atoms with Gasteiger partial charge >= 0.3 is 0 Å². The molecule has 2 nitrogen and oxygen atoms in total. The monoisotopic (exact) mass is 404 g/mol. The van der Waals surface area contributed by atoms with E-state index in [9.17, 15) is 0 Å². The summed E-state index contributed by atoms with van der Waals surface area (Å²) < 4.78 is 8.92. The van der Waals surface area contributed by atoms with Gasteiger partial charge in [0.2, 0.25) is 5.69 Å². The molecule has 0 amide bonds. The number of furan rings is 1. The molecule has 0 aliphatic heterocycles. The maximum absolute atomic E-state index is 6.75. The van der Waals surface area contributed by atoms with Crippen molar-refractivity contribution >= 4 is 21.9 Å². The van der Waals surface area contributed by atoms with Crippen molar-refractivity contribution in [3.8, 4) is 22.4 Å². The smallest absolute Gasteiger partial charge is 0.216 e. The first-order valence-corrected chi connectivity index (χ1v) is 11.1. The van der Waals surface area contributed by atoms with Gasteiger partial charge in [0.1, 0.15) is 18.2 Å². The zero-order chi connectivity index (χ0) is 21.1. The molecule has 3 aromatic carbocycles. The van der Waals surface area contributed by atoms with E-state index in [1.165, 1.54) is 68.3 Å². The van der Waals surface area contributed by atoms with Gasteiger partial charge in [0.15, 0.2) is 6.20 Å². The molecule has 6 rings (SSSR count). The van der Waals surface area contributed by atoms with Crippen molar-refractivity contribution in [3.05, 3.63) is 89.1 Å². The van der Waals surface area contributed by atoms with Crippen LogP contribution in [0.5, 0.6) is 0 Å². The molecule has 0 fully saturated rings. The molecular weight excluding hydrogens is 378 g/mol. The van der Waals surface area contributed by atoms with Crippen LogP contribution in [0.15, 0.2) is 71.3 Å². The van der Waals surface area contributed by atoms with E-state index >= 15 is 0 Å². The first kappa shape index (κ1) is 18.4. The average molecular weight is 405 g/mol. The van der Waals surface area contributed by atoms with Crippen LogP contribution in [0.25, 0.3) is 44.3 Å². The minimum Gasteiger partial charge on any atom is -0.454 e. The minimum atomic E-state index is 0.980. The molecule has 31 heavy (non-hydrogen) atoms. The van der Waals surface area contributed by atoms with Gasteiger partial charge in [0.25, 0.3) is 0 Å². The molecule has 5 aromatic rings. The molecule has 0 radical (unpaired) electrons. The van der Waals surface area contributed by atoms with Gasteiger partial charge in [-0.25, -0.2) is 4.57 Å². The van der Waals surface area contributed by atoms with E-state index in [2.05, 4.69) is 92.3 Å². The normalized spacial score (nSPS) is 13.3. The summed E-state index contributed by atoms with van der Waals surface area (Å²) in [5.74, 6) is 0. The molecule has 1 aliphatic rings. The molecule has 0 unspecified atom stereocenters. The van der Waals surface area contributed by atoms with E-state index < -0.39 is 0 Å². The van der Waals surface area contributed by atoms with E-state index in [1.807, 2.05) is 0 Å². The van der Waals surface area contributed by atoms with Crippen LogP contribution in [0.2, 0.25) is 0 Å². The van der Waals surface area contributed by atoms with Crippen molar-refractivity contribution in [1.82, 2.24) is 0 Å². The fourth-order valence-corrected chi connectivity index (χ4v) is 5.38. The summed E-state index contributed by atoms with van der Waals surface area (Å²) in [4.78, 5) is 0. The predicted molar refractivity (Wildman–Crippen MR) is 127 cm³/mol. The molecule has 2 aromatic heterocycles. The molecule has 1 aliphatic carbocycles. The molecule has 0 spiro atoms. The van der Waals surface area contributed by atoms with Crippen LogP contribution in [-0.4, -0.2) is 0 Å². The Hall–Kier alpha value is -3.39. The standard InChI is InChI=1S/C29H26NO/c1-18-16-20-8-6-9-21(20)25(17-18)23-11-7-10-22-24-14-13-19(2)27(29(24)31-28(22)23)26-12-4-5-15-30(26)3/h4-5,7,10-17H,6,8-9H2,1-3H3/q+1.